The molecule has 0 fully saturated rings. The summed E-state index contributed by atoms with van der Waals surface area (Å²) in [5.74, 6) is -1.16. The van der Waals surface area contributed by atoms with E-state index in [1.807, 2.05) is 0 Å². The zero-order chi connectivity index (χ0) is 16.2. The number of aromatic carboxylic acids is 1. The van der Waals surface area contributed by atoms with Crippen molar-refractivity contribution < 1.29 is 23.4 Å². The zero-order valence-electron chi connectivity index (χ0n) is 12.4. The minimum atomic E-state index is -3.79. The monoisotopic (exact) mass is 315 g/mol. The molecule has 0 spiro atoms. The highest BCUT2D eigenvalue weighted by Crippen LogP contribution is 2.21. The van der Waals surface area contributed by atoms with Gasteiger partial charge in [0.2, 0.25) is 10.0 Å². The van der Waals surface area contributed by atoms with E-state index in [2.05, 4.69) is 0 Å². The van der Waals surface area contributed by atoms with Crippen molar-refractivity contribution in [3.63, 3.8) is 0 Å². The normalized spacial score (nSPS) is 12.1. The molecule has 6 nitrogen and oxygen atoms in total. The number of sulfonamides is 1. The summed E-state index contributed by atoms with van der Waals surface area (Å²) in [4.78, 5) is 11.1. The van der Waals surface area contributed by atoms with Crippen LogP contribution in [0, 0.1) is 6.92 Å². The summed E-state index contributed by atoms with van der Waals surface area (Å²) in [6, 6.07) is 3.80. The van der Waals surface area contributed by atoms with E-state index in [0.29, 0.717) is 12.0 Å². The molecule has 1 aromatic carbocycles. The fraction of sp³-hybridized carbons (Fsp3) is 0.500. The molecular formula is C14H21NO5S. The molecule has 0 saturated heterocycles. The first-order valence-corrected chi connectivity index (χ1v) is 8.12. The maximum Gasteiger partial charge on any atom is 0.335 e. The number of benzene rings is 1. The first-order chi connectivity index (χ1) is 9.71. The van der Waals surface area contributed by atoms with Crippen LogP contribution >= 0.6 is 0 Å². The molecule has 7 heteroatoms. The SMILES string of the molecule is Cc1ccc(S(=O)(=O)N(CCCO)C(C)C)cc1C(=O)O. The van der Waals surface area contributed by atoms with Crippen molar-refractivity contribution in [3.05, 3.63) is 29.3 Å². The smallest absolute Gasteiger partial charge is 0.335 e. The molecule has 0 unspecified atom stereocenters. The van der Waals surface area contributed by atoms with Crippen LogP contribution in [0.1, 0.15) is 36.2 Å². The van der Waals surface area contributed by atoms with Crippen LogP contribution in [-0.2, 0) is 10.0 Å². The van der Waals surface area contributed by atoms with Crippen LogP contribution in [0.4, 0.5) is 0 Å². The Morgan fingerprint density at radius 1 is 1.33 bits per heavy atom. The third-order valence-electron chi connectivity index (χ3n) is 3.16. The predicted molar refractivity (Wildman–Crippen MR) is 78.9 cm³/mol. The van der Waals surface area contributed by atoms with Gasteiger partial charge in [0.05, 0.1) is 10.5 Å². The van der Waals surface area contributed by atoms with Gasteiger partial charge in [-0.15, -0.1) is 0 Å². The summed E-state index contributed by atoms with van der Waals surface area (Å²) in [6.45, 7) is 5.17. The fourth-order valence-corrected chi connectivity index (χ4v) is 3.71. The summed E-state index contributed by atoms with van der Waals surface area (Å²) >= 11 is 0. The molecule has 118 valence electrons. The van der Waals surface area contributed by atoms with Gasteiger partial charge in [-0.25, -0.2) is 13.2 Å². The number of aliphatic hydroxyl groups excluding tert-OH is 1. The van der Waals surface area contributed by atoms with Crippen molar-refractivity contribution >= 4 is 16.0 Å². The first-order valence-electron chi connectivity index (χ1n) is 6.68. The molecule has 0 aliphatic heterocycles. The summed E-state index contributed by atoms with van der Waals surface area (Å²) < 4.78 is 26.5. The average molecular weight is 315 g/mol. The van der Waals surface area contributed by atoms with Crippen LogP contribution in [0.25, 0.3) is 0 Å². The largest absolute Gasteiger partial charge is 0.478 e. The van der Waals surface area contributed by atoms with Crippen LogP contribution in [0.2, 0.25) is 0 Å². The number of carbonyl (C=O) groups is 1. The molecule has 0 amide bonds. The maximum atomic E-state index is 12.6. The molecule has 1 rings (SSSR count). The Morgan fingerprint density at radius 2 is 1.95 bits per heavy atom. The Hall–Kier alpha value is -1.44. The second-order valence-electron chi connectivity index (χ2n) is 5.07. The topological polar surface area (TPSA) is 94.9 Å². The lowest BCUT2D eigenvalue weighted by Crippen LogP contribution is -2.38. The van der Waals surface area contributed by atoms with E-state index in [9.17, 15) is 13.2 Å². The van der Waals surface area contributed by atoms with Crippen molar-refractivity contribution in [2.45, 2.75) is 38.1 Å². The molecule has 2 N–H and O–H groups in total. The van der Waals surface area contributed by atoms with Gasteiger partial charge in [-0.1, -0.05) is 6.07 Å². The van der Waals surface area contributed by atoms with E-state index in [1.54, 1.807) is 20.8 Å². The van der Waals surface area contributed by atoms with Gasteiger partial charge in [-0.05, 0) is 44.9 Å². The summed E-state index contributed by atoms with van der Waals surface area (Å²) in [5, 5.41) is 18.0. The third kappa shape index (κ3) is 4.03. The summed E-state index contributed by atoms with van der Waals surface area (Å²) in [5.41, 5.74) is 0.481. The third-order valence-corrected chi connectivity index (χ3v) is 5.23. The van der Waals surface area contributed by atoms with Gasteiger partial charge in [0.15, 0.2) is 0 Å². The lowest BCUT2D eigenvalue weighted by atomic mass is 10.1. The molecule has 0 saturated carbocycles. The Bertz CT molecular complexity index is 610. The van der Waals surface area contributed by atoms with Crippen LogP contribution in [0.15, 0.2) is 23.1 Å². The van der Waals surface area contributed by atoms with E-state index >= 15 is 0 Å². The van der Waals surface area contributed by atoms with Crippen LogP contribution in [0.3, 0.4) is 0 Å². The molecule has 0 radical (unpaired) electrons. The number of carboxylic acids is 1. The molecule has 1 aromatic rings. The van der Waals surface area contributed by atoms with Crippen molar-refractivity contribution in [2.24, 2.45) is 0 Å². The molecule has 0 bridgehead atoms. The number of carboxylic acid groups (broad SMARTS) is 1. The van der Waals surface area contributed by atoms with Crippen LogP contribution < -0.4 is 0 Å². The molecule has 21 heavy (non-hydrogen) atoms. The first kappa shape index (κ1) is 17.6. The molecule has 0 aromatic heterocycles. The quantitative estimate of drug-likeness (QED) is 0.794. The average Bonchev–Trinajstić information content (AvgIpc) is 2.38. The molecule has 0 aliphatic carbocycles. The summed E-state index contributed by atoms with van der Waals surface area (Å²) in [6.07, 6.45) is 0.328. The standard InChI is InChI=1S/C14H21NO5S/c1-10(2)15(7-4-8-16)21(19,20)12-6-5-11(3)13(9-12)14(17)18/h5-6,9-10,16H,4,7-8H2,1-3H3,(H,17,18). The number of nitrogens with zero attached hydrogens (tertiary/aromatic N) is 1. The number of rotatable bonds is 7. The second kappa shape index (κ2) is 7.02. The van der Waals surface area contributed by atoms with E-state index in [-0.39, 0.29) is 29.7 Å². The van der Waals surface area contributed by atoms with Crippen LogP contribution in [-0.4, -0.2) is 48.1 Å². The highest BCUT2D eigenvalue weighted by atomic mass is 32.2. The van der Waals surface area contributed by atoms with E-state index < -0.39 is 16.0 Å². The zero-order valence-corrected chi connectivity index (χ0v) is 13.2. The highest BCUT2D eigenvalue weighted by Gasteiger charge is 2.27. The van der Waals surface area contributed by atoms with Gasteiger partial charge >= 0.3 is 5.97 Å². The number of hydrogen-bond donors (Lipinski definition) is 2. The van der Waals surface area contributed by atoms with Gasteiger partial charge in [0, 0.05) is 19.2 Å². The lowest BCUT2D eigenvalue weighted by molar-refractivity contribution is 0.0696. The Morgan fingerprint density at radius 3 is 2.43 bits per heavy atom. The van der Waals surface area contributed by atoms with Gasteiger partial charge in [-0.2, -0.15) is 4.31 Å². The Labute approximate surface area is 125 Å². The van der Waals surface area contributed by atoms with Gasteiger partial charge in [0.1, 0.15) is 0 Å². The predicted octanol–water partition coefficient (Wildman–Crippen LogP) is 1.47. The van der Waals surface area contributed by atoms with Gasteiger partial charge < -0.3 is 10.2 Å². The molecular weight excluding hydrogens is 294 g/mol. The van der Waals surface area contributed by atoms with E-state index in [1.165, 1.54) is 22.5 Å². The van der Waals surface area contributed by atoms with E-state index in [0.717, 1.165) is 0 Å². The van der Waals surface area contributed by atoms with Crippen molar-refractivity contribution in [2.75, 3.05) is 13.2 Å². The van der Waals surface area contributed by atoms with Crippen LogP contribution in [0.5, 0.6) is 0 Å². The van der Waals surface area contributed by atoms with Gasteiger partial charge in [0.25, 0.3) is 0 Å². The number of aryl methyl sites for hydroxylation is 1. The summed E-state index contributed by atoms with van der Waals surface area (Å²) in [7, 11) is -3.79. The Kier molecular flexibility index (Phi) is 5.88. The highest BCUT2D eigenvalue weighted by molar-refractivity contribution is 7.89. The fourth-order valence-electron chi connectivity index (χ4n) is 2.01. The lowest BCUT2D eigenvalue weighted by Gasteiger charge is -2.26. The second-order valence-corrected chi connectivity index (χ2v) is 6.96. The minimum Gasteiger partial charge on any atom is -0.478 e. The van der Waals surface area contributed by atoms with Crippen molar-refractivity contribution in [1.29, 1.82) is 0 Å². The van der Waals surface area contributed by atoms with Gasteiger partial charge in [-0.3, -0.25) is 0 Å². The molecule has 0 heterocycles. The van der Waals surface area contributed by atoms with Crippen molar-refractivity contribution in [3.8, 4) is 0 Å². The Balaban J connectivity index is 3.28. The van der Waals surface area contributed by atoms with E-state index in [4.69, 9.17) is 10.2 Å². The minimum absolute atomic E-state index is 0.0260. The molecule has 0 atom stereocenters. The van der Waals surface area contributed by atoms with Crippen molar-refractivity contribution in [1.82, 2.24) is 4.31 Å². The maximum absolute atomic E-state index is 12.6. The number of hydrogen-bond acceptors (Lipinski definition) is 4. The molecule has 0 aliphatic rings. The number of aliphatic hydroxyl groups is 1.